The lowest BCUT2D eigenvalue weighted by Gasteiger charge is -2.37. The van der Waals surface area contributed by atoms with E-state index in [-0.39, 0.29) is 29.9 Å². The Labute approximate surface area is 257 Å². The quantitative estimate of drug-likeness (QED) is 0.274. The fourth-order valence-electron chi connectivity index (χ4n) is 5.75. The molecule has 3 amide bonds. The van der Waals surface area contributed by atoms with Gasteiger partial charge in [-0.15, -0.1) is 0 Å². The van der Waals surface area contributed by atoms with Crippen molar-refractivity contribution in [3.8, 4) is 0 Å². The number of benzene rings is 2. The van der Waals surface area contributed by atoms with Crippen LogP contribution in [0.5, 0.6) is 0 Å². The predicted octanol–water partition coefficient (Wildman–Crippen LogP) is 5.53. The molecule has 0 radical (unpaired) electrons. The van der Waals surface area contributed by atoms with Gasteiger partial charge in [0.2, 0.25) is 11.8 Å². The van der Waals surface area contributed by atoms with Crippen LogP contribution in [0.3, 0.4) is 0 Å². The molecule has 0 aliphatic heterocycles. The molecule has 2 aromatic rings. The molecule has 5 atom stereocenters. The van der Waals surface area contributed by atoms with Crippen LogP contribution in [0.25, 0.3) is 0 Å². The molecular formula is C35H51N3O5. The van der Waals surface area contributed by atoms with Crippen LogP contribution in [0.4, 0.5) is 4.79 Å². The van der Waals surface area contributed by atoms with E-state index in [4.69, 9.17) is 4.74 Å². The van der Waals surface area contributed by atoms with Crippen molar-refractivity contribution in [2.45, 2.75) is 110 Å². The Bertz CT molecular complexity index is 1170. The molecule has 0 aromatic heterocycles. The van der Waals surface area contributed by atoms with Crippen LogP contribution in [0.15, 0.2) is 60.7 Å². The summed E-state index contributed by atoms with van der Waals surface area (Å²) in [7, 11) is 0. The summed E-state index contributed by atoms with van der Waals surface area (Å²) in [5.41, 5.74) is 0.855. The van der Waals surface area contributed by atoms with Crippen LogP contribution < -0.4 is 16.0 Å². The smallest absolute Gasteiger partial charge is 0.408 e. The molecule has 3 rings (SSSR count). The van der Waals surface area contributed by atoms with Gasteiger partial charge in [0.05, 0.1) is 12.1 Å². The molecule has 1 aliphatic rings. The van der Waals surface area contributed by atoms with E-state index in [0.717, 1.165) is 36.8 Å². The van der Waals surface area contributed by atoms with Crippen molar-refractivity contribution >= 4 is 17.9 Å². The molecule has 8 nitrogen and oxygen atoms in total. The van der Waals surface area contributed by atoms with E-state index in [1.54, 1.807) is 0 Å². The highest BCUT2D eigenvalue weighted by Crippen LogP contribution is 2.34. The molecule has 0 bridgehead atoms. The van der Waals surface area contributed by atoms with Gasteiger partial charge in [-0.1, -0.05) is 94.3 Å². The third kappa shape index (κ3) is 11.3. The van der Waals surface area contributed by atoms with Crippen LogP contribution in [0.1, 0.15) is 84.8 Å². The molecule has 0 unspecified atom stereocenters. The Balaban J connectivity index is 1.75. The van der Waals surface area contributed by atoms with Crippen molar-refractivity contribution in [1.29, 1.82) is 0 Å². The van der Waals surface area contributed by atoms with E-state index < -0.39 is 35.6 Å². The van der Waals surface area contributed by atoms with Crippen LogP contribution >= 0.6 is 0 Å². The lowest BCUT2D eigenvalue weighted by atomic mass is 9.74. The summed E-state index contributed by atoms with van der Waals surface area (Å²) in [6, 6.07) is 17.5. The zero-order valence-electron chi connectivity index (χ0n) is 26.7. The third-order valence-corrected chi connectivity index (χ3v) is 7.98. The minimum absolute atomic E-state index is 0.00535. The fourth-order valence-corrected chi connectivity index (χ4v) is 5.75. The van der Waals surface area contributed by atoms with Crippen molar-refractivity contribution in [1.82, 2.24) is 16.0 Å². The average Bonchev–Trinajstić information content (AvgIpc) is 2.94. The normalized spacial score (nSPS) is 19.4. The number of aliphatic hydroxyl groups is 1. The summed E-state index contributed by atoms with van der Waals surface area (Å²) in [4.78, 5) is 39.7. The van der Waals surface area contributed by atoms with Gasteiger partial charge in [-0.05, 0) is 68.9 Å². The maximum absolute atomic E-state index is 13.8. The van der Waals surface area contributed by atoms with Crippen molar-refractivity contribution in [3.05, 3.63) is 71.8 Å². The molecule has 2 aromatic carbocycles. The summed E-state index contributed by atoms with van der Waals surface area (Å²) in [5, 5.41) is 20.6. The number of amides is 3. The van der Waals surface area contributed by atoms with Crippen molar-refractivity contribution in [3.63, 3.8) is 0 Å². The number of aliphatic hydroxyl groups excluding tert-OH is 1. The van der Waals surface area contributed by atoms with E-state index in [2.05, 4.69) is 16.0 Å². The Kier molecular flexibility index (Phi) is 12.2. The predicted molar refractivity (Wildman–Crippen MR) is 169 cm³/mol. The molecular weight excluding hydrogens is 542 g/mol. The summed E-state index contributed by atoms with van der Waals surface area (Å²) in [6.45, 7) is 11.6. The van der Waals surface area contributed by atoms with Crippen molar-refractivity contribution in [2.75, 3.05) is 0 Å². The standard InChI is InChI=1S/C35H51N3O5/c1-34(2,3)30(37-33(42)43-23-25-17-11-8-12-18-25)32(41)36-28(21-24-15-9-7-10-16-24)29(39)22-26-19-13-14-20-27(26)31(40)38-35(4,5)6/h7-12,15-18,26-30,39H,13-14,19-23H2,1-6H3,(H,36,41)(H,37,42)(H,38,40)/t26-,27+,28-,29+,30+/m0/s1. The van der Waals surface area contributed by atoms with Crippen molar-refractivity contribution in [2.24, 2.45) is 17.3 Å². The number of carbonyl (C=O) groups is 3. The molecule has 4 N–H and O–H groups in total. The SMILES string of the molecule is CC(C)(C)NC(=O)[C@@H]1CCCC[C@H]1C[C@@H](O)[C@H](Cc1ccccc1)NC(=O)[C@@H](NC(=O)OCc1ccccc1)C(C)(C)C. The topological polar surface area (TPSA) is 117 Å². The van der Waals surface area contributed by atoms with Gasteiger partial charge in [-0.2, -0.15) is 0 Å². The minimum atomic E-state index is -0.902. The summed E-state index contributed by atoms with van der Waals surface area (Å²) in [5.74, 6) is -0.543. The average molecular weight is 594 g/mol. The van der Waals surface area contributed by atoms with Gasteiger partial charge in [-0.3, -0.25) is 9.59 Å². The van der Waals surface area contributed by atoms with Gasteiger partial charge in [-0.25, -0.2) is 4.79 Å². The molecule has 43 heavy (non-hydrogen) atoms. The maximum Gasteiger partial charge on any atom is 0.408 e. The molecule has 236 valence electrons. The van der Waals surface area contributed by atoms with Crippen LogP contribution in [-0.4, -0.2) is 46.7 Å². The van der Waals surface area contributed by atoms with Gasteiger partial charge < -0.3 is 25.8 Å². The van der Waals surface area contributed by atoms with Gasteiger partial charge in [0.15, 0.2) is 0 Å². The van der Waals surface area contributed by atoms with Crippen LogP contribution in [0, 0.1) is 17.3 Å². The van der Waals surface area contributed by atoms with Crippen molar-refractivity contribution < 1.29 is 24.2 Å². The largest absolute Gasteiger partial charge is 0.445 e. The maximum atomic E-state index is 13.8. The first-order valence-electron chi connectivity index (χ1n) is 15.5. The highest BCUT2D eigenvalue weighted by molar-refractivity contribution is 5.86. The molecule has 1 fully saturated rings. The lowest BCUT2D eigenvalue weighted by Crippen LogP contribution is -2.58. The van der Waals surface area contributed by atoms with E-state index in [0.29, 0.717) is 12.8 Å². The number of hydrogen-bond donors (Lipinski definition) is 4. The highest BCUT2D eigenvalue weighted by Gasteiger charge is 2.38. The van der Waals surface area contributed by atoms with Gasteiger partial charge in [0, 0.05) is 11.5 Å². The molecule has 1 aliphatic carbocycles. The van der Waals surface area contributed by atoms with E-state index in [9.17, 15) is 19.5 Å². The molecule has 0 heterocycles. The number of carbonyl (C=O) groups excluding carboxylic acids is 3. The van der Waals surface area contributed by atoms with Gasteiger partial charge >= 0.3 is 6.09 Å². The number of rotatable bonds is 11. The first-order valence-corrected chi connectivity index (χ1v) is 15.5. The summed E-state index contributed by atoms with van der Waals surface area (Å²) < 4.78 is 5.40. The van der Waals surface area contributed by atoms with Gasteiger partial charge in [0.1, 0.15) is 12.6 Å². The summed E-state index contributed by atoms with van der Waals surface area (Å²) >= 11 is 0. The monoisotopic (exact) mass is 593 g/mol. The Morgan fingerprint density at radius 1 is 0.860 bits per heavy atom. The minimum Gasteiger partial charge on any atom is -0.445 e. The molecule has 8 heteroatoms. The Morgan fingerprint density at radius 2 is 1.44 bits per heavy atom. The third-order valence-electron chi connectivity index (χ3n) is 7.98. The molecule has 1 saturated carbocycles. The molecule has 0 saturated heterocycles. The lowest BCUT2D eigenvalue weighted by molar-refractivity contribution is -0.131. The Hall–Kier alpha value is -3.39. The number of nitrogens with one attached hydrogen (secondary N) is 3. The Morgan fingerprint density at radius 3 is 2.02 bits per heavy atom. The summed E-state index contributed by atoms with van der Waals surface area (Å²) in [6.07, 6.45) is 2.87. The van der Waals surface area contributed by atoms with Crippen LogP contribution in [0.2, 0.25) is 0 Å². The zero-order chi connectivity index (χ0) is 31.6. The second-order valence-electron chi connectivity index (χ2n) is 14.0. The first kappa shape index (κ1) is 34.1. The van der Waals surface area contributed by atoms with Gasteiger partial charge in [0.25, 0.3) is 0 Å². The second-order valence-corrected chi connectivity index (χ2v) is 14.0. The second kappa shape index (κ2) is 15.4. The highest BCUT2D eigenvalue weighted by atomic mass is 16.5. The number of ether oxygens (including phenoxy) is 1. The number of hydrogen-bond acceptors (Lipinski definition) is 5. The van der Waals surface area contributed by atoms with E-state index in [1.807, 2.05) is 102 Å². The zero-order valence-corrected chi connectivity index (χ0v) is 26.7. The molecule has 0 spiro atoms. The van der Waals surface area contributed by atoms with E-state index in [1.165, 1.54) is 0 Å². The van der Waals surface area contributed by atoms with E-state index >= 15 is 0 Å². The fraction of sp³-hybridized carbons (Fsp3) is 0.571. The van der Waals surface area contributed by atoms with Crippen LogP contribution in [-0.2, 0) is 27.4 Å². The first-order chi connectivity index (χ1) is 20.2. The number of alkyl carbamates (subject to hydrolysis) is 1.